The molecule has 2 N–H and O–H groups in total. The number of nitrogen functional groups attached to an aromatic ring is 1. The topological polar surface area (TPSA) is 51.8 Å². The van der Waals surface area contributed by atoms with Gasteiger partial charge in [-0.3, -0.25) is 4.98 Å². The maximum atomic E-state index is 6.16. The van der Waals surface area contributed by atoms with Gasteiger partial charge < -0.3 is 5.73 Å². The lowest BCUT2D eigenvalue weighted by Crippen LogP contribution is -2.01. The molecule has 1 atom stereocenters. The van der Waals surface area contributed by atoms with Gasteiger partial charge in [-0.25, -0.2) is 4.98 Å². The van der Waals surface area contributed by atoms with Gasteiger partial charge in [-0.15, -0.1) is 0 Å². The molecule has 4 rings (SSSR count). The first-order valence-electron chi connectivity index (χ1n) is 9.02. The SMILES string of the molecule is Cc1ccc(CC(C)c2cnc3c(N)nc4cc(C)ccc4c3c2)cc1. The van der Waals surface area contributed by atoms with E-state index in [4.69, 9.17) is 5.73 Å². The minimum atomic E-state index is 0.379. The zero-order chi connectivity index (χ0) is 18.3. The molecule has 0 radical (unpaired) electrons. The smallest absolute Gasteiger partial charge is 0.150 e. The van der Waals surface area contributed by atoms with Gasteiger partial charge in [0.1, 0.15) is 5.52 Å². The number of aromatic nitrogens is 2. The van der Waals surface area contributed by atoms with Crippen LogP contribution < -0.4 is 5.73 Å². The molecule has 2 aromatic carbocycles. The average Bonchev–Trinajstić information content (AvgIpc) is 2.63. The zero-order valence-electron chi connectivity index (χ0n) is 15.5. The summed E-state index contributed by atoms with van der Waals surface area (Å²) in [7, 11) is 0. The van der Waals surface area contributed by atoms with Crippen LogP contribution in [0.25, 0.3) is 21.8 Å². The summed E-state index contributed by atoms with van der Waals surface area (Å²) >= 11 is 0. The Labute approximate surface area is 153 Å². The average molecular weight is 341 g/mol. The molecule has 130 valence electrons. The van der Waals surface area contributed by atoms with E-state index in [9.17, 15) is 0 Å². The predicted octanol–water partition coefficient (Wildman–Crippen LogP) is 5.33. The third-order valence-corrected chi connectivity index (χ3v) is 5.07. The molecule has 0 amide bonds. The molecule has 0 bridgehead atoms. The highest BCUT2D eigenvalue weighted by atomic mass is 14.9. The van der Waals surface area contributed by atoms with Crippen LogP contribution in [0.3, 0.4) is 0 Å². The molecule has 26 heavy (non-hydrogen) atoms. The number of anilines is 1. The van der Waals surface area contributed by atoms with Crippen LogP contribution in [-0.2, 0) is 6.42 Å². The normalized spacial score (nSPS) is 12.6. The fourth-order valence-electron chi connectivity index (χ4n) is 3.50. The van der Waals surface area contributed by atoms with Gasteiger partial charge in [0.25, 0.3) is 0 Å². The van der Waals surface area contributed by atoms with Crippen LogP contribution in [0.2, 0.25) is 0 Å². The van der Waals surface area contributed by atoms with Crippen molar-refractivity contribution >= 4 is 27.6 Å². The van der Waals surface area contributed by atoms with Crippen molar-refractivity contribution in [2.75, 3.05) is 5.73 Å². The lowest BCUT2D eigenvalue weighted by atomic mass is 9.93. The van der Waals surface area contributed by atoms with E-state index in [1.165, 1.54) is 22.3 Å². The highest BCUT2D eigenvalue weighted by Crippen LogP contribution is 2.30. The van der Waals surface area contributed by atoms with Gasteiger partial charge in [0.15, 0.2) is 5.82 Å². The molecule has 0 spiro atoms. The molecule has 4 aromatic rings. The Morgan fingerprint density at radius 2 is 1.65 bits per heavy atom. The first-order valence-corrected chi connectivity index (χ1v) is 9.02. The number of hydrogen-bond acceptors (Lipinski definition) is 3. The molecule has 0 fully saturated rings. The Morgan fingerprint density at radius 3 is 2.42 bits per heavy atom. The summed E-state index contributed by atoms with van der Waals surface area (Å²) < 4.78 is 0. The van der Waals surface area contributed by atoms with Crippen molar-refractivity contribution in [3.63, 3.8) is 0 Å². The molecular weight excluding hydrogens is 318 g/mol. The second-order valence-corrected chi connectivity index (χ2v) is 7.27. The van der Waals surface area contributed by atoms with Gasteiger partial charge in [0.05, 0.1) is 5.52 Å². The van der Waals surface area contributed by atoms with Crippen LogP contribution in [-0.4, -0.2) is 9.97 Å². The van der Waals surface area contributed by atoms with Gasteiger partial charge in [-0.2, -0.15) is 0 Å². The quantitative estimate of drug-likeness (QED) is 0.513. The minimum absolute atomic E-state index is 0.379. The highest BCUT2D eigenvalue weighted by molar-refractivity contribution is 6.08. The molecule has 0 aliphatic rings. The Kier molecular flexibility index (Phi) is 4.08. The number of nitrogens with two attached hydrogens (primary N) is 1. The molecule has 3 heteroatoms. The van der Waals surface area contributed by atoms with E-state index in [-0.39, 0.29) is 0 Å². The second-order valence-electron chi connectivity index (χ2n) is 7.27. The highest BCUT2D eigenvalue weighted by Gasteiger charge is 2.12. The number of hydrogen-bond donors (Lipinski definition) is 1. The second kappa shape index (κ2) is 6.41. The van der Waals surface area contributed by atoms with Crippen molar-refractivity contribution in [1.82, 2.24) is 9.97 Å². The Bertz CT molecular complexity index is 1100. The summed E-state index contributed by atoms with van der Waals surface area (Å²) in [6.45, 7) is 6.44. The zero-order valence-corrected chi connectivity index (χ0v) is 15.5. The van der Waals surface area contributed by atoms with E-state index in [2.05, 4.69) is 79.3 Å². The lowest BCUT2D eigenvalue weighted by molar-refractivity contribution is 0.756. The van der Waals surface area contributed by atoms with E-state index in [0.29, 0.717) is 11.7 Å². The summed E-state index contributed by atoms with van der Waals surface area (Å²) in [5, 5.41) is 2.19. The minimum Gasteiger partial charge on any atom is -0.382 e. The van der Waals surface area contributed by atoms with E-state index in [1.54, 1.807) is 0 Å². The van der Waals surface area contributed by atoms with Crippen LogP contribution in [0.5, 0.6) is 0 Å². The van der Waals surface area contributed by atoms with Gasteiger partial charge in [-0.05, 0) is 55.0 Å². The third-order valence-electron chi connectivity index (χ3n) is 5.07. The van der Waals surface area contributed by atoms with Gasteiger partial charge >= 0.3 is 0 Å². The molecule has 2 aromatic heterocycles. The van der Waals surface area contributed by atoms with Crippen molar-refractivity contribution in [2.45, 2.75) is 33.1 Å². The summed E-state index contributed by atoms with van der Waals surface area (Å²) in [5.74, 6) is 0.875. The number of benzene rings is 2. The summed E-state index contributed by atoms with van der Waals surface area (Å²) in [6.07, 6.45) is 2.93. The van der Waals surface area contributed by atoms with Gasteiger partial charge in [0, 0.05) is 17.0 Å². The molecule has 0 saturated heterocycles. The largest absolute Gasteiger partial charge is 0.382 e. The van der Waals surface area contributed by atoms with Crippen LogP contribution in [0.4, 0.5) is 5.82 Å². The lowest BCUT2D eigenvalue weighted by Gasteiger charge is -2.14. The van der Waals surface area contributed by atoms with E-state index in [1.807, 2.05) is 6.20 Å². The number of pyridine rings is 2. The fraction of sp³-hybridized carbons (Fsp3) is 0.217. The van der Waals surface area contributed by atoms with Crippen molar-refractivity contribution in [3.05, 3.63) is 77.0 Å². The molecule has 0 aliphatic heterocycles. The van der Waals surface area contributed by atoms with Gasteiger partial charge in [-0.1, -0.05) is 48.9 Å². The first kappa shape index (κ1) is 16.5. The number of fused-ring (bicyclic) bond motifs is 3. The summed E-state index contributed by atoms with van der Waals surface area (Å²) in [5.41, 5.74) is 12.9. The van der Waals surface area contributed by atoms with Crippen molar-refractivity contribution in [1.29, 1.82) is 0 Å². The molecule has 1 unspecified atom stereocenters. The van der Waals surface area contributed by atoms with Crippen LogP contribution in [0, 0.1) is 13.8 Å². The van der Waals surface area contributed by atoms with Crippen LogP contribution >= 0.6 is 0 Å². The molecule has 0 aliphatic carbocycles. The number of rotatable bonds is 3. The molecule has 0 saturated carbocycles. The van der Waals surface area contributed by atoms with Crippen LogP contribution in [0.15, 0.2) is 54.7 Å². The predicted molar refractivity (Wildman–Crippen MR) is 109 cm³/mol. The van der Waals surface area contributed by atoms with Crippen molar-refractivity contribution in [2.24, 2.45) is 0 Å². The maximum absolute atomic E-state index is 6.16. The molecular formula is C23H23N3. The van der Waals surface area contributed by atoms with Gasteiger partial charge in [0.2, 0.25) is 0 Å². The van der Waals surface area contributed by atoms with E-state index < -0.39 is 0 Å². The summed E-state index contributed by atoms with van der Waals surface area (Å²) in [6, 6.07) is 17.3. The van der Waals surface area contributed by atoms with E-state index in [0.717, 1.165) is 28.2 Å². The Hall–Kier alpha value is -2.94. The molecule has 3 nitrogen and oxygen atoms in total. The fourth-order valence-corrected chi connectivity index (χ4v) is 3.50. The number of aryl methyl sites for hydroxylation is 2. The van der Waals surface area contributed by atoms with Crippen molar-refractivity contribution < 1.29 is 0 Å². The first-order chi connectivity index (χ1) is 12.5. The molecule has 2 heterocycles. The van der Waals surface area contributed by atoms with Crippen molar-refractivity contribution in [3.8, 4) is 0 Å². The monoisotopic (exact) mass is 341 g/mol. The third kappa shape index (κ3) is 3.01. The Balaban J connectivity index is 1.78. The number of nitrogens with zero attached hydrogens (tertiary/aromatic N) is 2. The standard InChI is InChI=1S/C23H23N3/c1-14-4-7-17(8-5-14)11-16(3)18-12-20-19-9-6-15(2)10-21(19)26-23(24)22(20)25-13-18/h4-10,12-13,16H,11H2,1-3H3,(H2,24,26). The van der Waals surface area contributed by atoms with E-state index >= 15 is 0 Å². The Morgan fingerprint density at radius 1 is 0.923 bits per heavy atom. The maximum Gasteiger partial charge on any atom is 0.150 e. The summed E-state index contributed by atoms with van der Waals surface area (Å²) in [4.78, 5) is 9.17. The van der Waals surface area contributed by atoms with Crippen LogP contribution in [0.1, 0.15) is 35.1 Å².